The van der Waals surface area contributed by atoms with Crippen molar-refractivity contribution < 1.29 is 19.7 Å². The zero-order chi connectivity index (χ0) is 14.6. The van der Waals surface area contributed by atoms with Crippen LogP contribution in [0, 0.1) is 5.92 Å². The van der Waals surface area contributed by atoms with Gasteiger partial charge in [0.25, 0.3) is 0 Å². The third-order valence-corrected chi connectivity index (χ3v) is 8.62. The lowest BCUT2D eigenvalue weighted by molar-refractivity contribution is -0.0152. The summed E-state index contributed by atoms with van der Waals surface area (Å²) in [4.78, 5) is 0. The fraction of sp³-hybridized carbons (Fsp3) is 1.00. The summed E-state index contributed by atoms with van der Waals surface area (Å²) in [5.41, 5.74) is 0. The van der Waals surface area contributed by atoms with Gasteiger partial charge in [-0.1, -0.05) is 27.7 Å². The van der Waals surface area contributed by atoms with E-state index in [4.69, 9.17) is 9.53 Å². The van der Waals surface area contributed by atoms with Gasteiger partial charge in [-0.25, -0.2) is 0 Å². The summed E-state index contributed by atoms with van der Waals surface area (Å²) in [6, 6.07) is 0. The van der Waals surface area contributed by atoms with Gasteiger partial charge < -0.3 is 19.7 Å². The fourth-order valence-electron chi connectivity index (χ4n) is 1.34. The molecule has 0 aromatic carbocycles. The molecule has 110 valence electrons. The molecule has 0 rings (SSSR count). The Bertz CT molecular complexity index is 238. The molecular weight excluding hydrogens is 248 g/mol. The van der Waals surface area contributed by atoms with E-state index in [1.807, 2.05) is 0 Å². The third kappa shape index (κ3) is 5.36. The van der Waals surface area contributed by atoms with Crippen LogP contribution in [0.2, 0.25) is 18.1 Å². The third-order valence-electron chi connectivity index (χ3n) is 4.08. The Morgan fingerprint density at radius 2 is 1.61 bits per heavy atom. The highest BCUT2D eigenvalue weighted by Gasteiger charge is 2.37. The van der Waals surface area contributed by atoms with E-state index in [1.54, 1.807) is 6.92 Å². The van der Waals surface area contributed by atoms with Crippen LogP contribution in [0.25, 0.3) is 0 Å². The molecule has 0 aliphatic rings. The van der Waals surface area contributed by atoms with E-state index in [2.05, 4.69) is 33.9 Å². The summed E-state index contributed by atoms with van der Waals surface area (Å²) in [6.45, 7) is 12.8. The molecule has 1 unspecified atom stereocenters. The molecular formula is C13H30O4Si. The predicted octanol–water partition coefficient (Wildman–Crippen LogP) is 1.75. The van der Waals surface area contributed by atoms with Gasteiger partial charge in [-0.15, -0.1) is 0 Å². The maximum absolute atomic E-state index is 9.88. The summed E-state index contributed by atoms with van der Waals surface area (Å²) in [6.07, 6.45) is -1.02. The van der Waals surface area contributed by atoms with Gasteiger partial charge in [0, 0.05) is 12.5 Å². The molecule has 0 aromatic heterocycles. The average molecular weight is 278 g/mol. The van der Waals surface area contributed by atoms with Crippen LogP contribution in [0.1, 0.15) is 34.1 Å². The normalized spacial score (nSPS) is 18.5. The van der Waals surface area contributed by atoms with Crippen LogP contribution in [0.15, 0.2) is 0 Å². The van der Waals surface area contributed by atoms with Gasteiger partial charge in [0.15, 0.2) is 8.32 Å². The first-order valence-corrected chi connectivity index (χ1v) is 9.54. The molecule has 3 N–H and O–H groups in total. The topological polar surface area (TPSA) is 69.9 Å². The standard InChI is InChI=1S/C13H30O4Si/c1-10(12(16)9-14)11(15)7-8-17-18(5,6)13(2,3)4/h10-12,14-16H,7-9H2,1-6H3/t10-,11-,12?/m1/s1. The smallest absolute Gasteiger partial charge is 0.191 e. The maximum atomic E-state index is 9.88. The van der Waals surface area contributed by atoms with Crippen molar-refractivity contribution in [2.45, 2.75) is 64.5 Å². The summed E-state index contributed by atoms with van der Waals surface area (Å²) in [5, 5.41) is 28.3. The molecule has 4 nitrogen and oxygen atoms in total. The molecule has 0 saturated carbocycles. The Morgan fingerprint density at radius 1 is 1.11 bits per heavy atom. The molecule has 3 atom stereocenters. The van der Waals surface area contributed by atoms with Gasteiger partial charge >= 0.3 is 0 Å². The van der Waals surface area contributed by atoms with Gasteiger partial charge in [-0.2, -0.15) is 0 Å². The first-order valence-electron chi connectivity index (χ1n) is 6.64. The molecule has 0 aliphatic heterocycles. The van der Waals surface area contributed by atoms with E-state index in [0.717, 1.165) is 0 Å². The Balaban J connectivity index is 4.13. The van der Waals surface area contributed by atoms with Crippen LogP contribution >= 0.6 is 0 Å². The molecule has 0 radical (unpaired) electrons. The number of aliphatic hydroxyl groups is 3. The Kier molecular flexibility index (Phi) is 7.03. The summed E-state index contributed by atoms with van der Waals surface area (Å²) >= 11 is 0. The quantitative estimate of drug-likeness (QED) is 0.621. The first-order chi connectivity index (χ1) is 8.03. The summed E-state index contributed by atoms with van der Waals surface area (Å²) < 4.78 is 5.96. The second kappa shape index (κ2) is 7.00. The number of aliphatic hydroxyl groups excluding tert-OH is 3. The van der Waals surface area contributed by atoms with Crippen molar-refractivity contribution in [2.75, 3.05) is 13.2 Å². The van der Waals surface area contributed by atoms with Crippen molar-refractivity contribution in [1.82, 2.24) is 0 Å². The highest BCUT2D eigenvalue weighted by molar-refractivity contribution is 6.74. The molecule has 18 heavy (non-hydrogen) atoms. The Morgan fingerprint density at radius 3 is 2.00 bits per heavy atom. The van der Waals surface area contributed by atoms with Gasteiger partial charge in [0.1, 0.15) is 0 Å². The van der Waals surface area contributed by atoms with Crippen molar-refractivity contribution >= 4 is 8.32 Å². The highest BCUT2D eigenvalue weighted by atomic mass is 28.4. The fourth-order valence-corrected chi connectivity index (χ4v) is 2.40. The number of hydrogen-bond donors (Lipinski definition) is 3. The molecule has 0 bridgehead atoms. The van der Waals surface area contributed by atoms with Crippen LogP contribution < -0.4 is 0 Å². The second-order valence-electron chi connectivity index (χ2n) is 6.57. The highest BCUT2D eigenvalue weighted by Crippen LogP contribution is 2.36. The van der Waals surface area contributed by atoms with Crippen molar-refractivity contribution in [3.63, 3.8) is 0 Å². The van der Waals surface area contributed by atoms with E-state index < -0.39 is 20.5 Å². The minimum Gasteiger partial charge on any atom is -0.417 e. The molecule has 0 aromatic rings. The Hall–Kier alpha value is 0.0569. The lowest BCUT2D eigenvalue weighted by atomic mass is 9.96. The molecule has 0 saturated heterocycles. The second-order valence-corrected chi connectivity index (χ2v) is 11.4. The molecule has 0 spiro atoms. The van der Waals surface area contributed by atoms with Crippen molar-refractivity contribution in [2.24, 2.45) is 5.92 Å². The van der Waals surface area contributed by atoms with Crippen LogP contribution in [0.4, 0.5) is 0 Å². The molecule has 0 aliphatic carbocycles. The zero-order valence-corrected chi connectivity index (χ0v) is 13.6. The lowest BCUT2D eigenvalue weighted by Gasteiger charge is -2.36. The molecule has 0 fully saturated rings. The molecule has 0 amide bonds. The van der Waals surface area contributed by atoms with E-state index >= 15 is 0 Å². The van der Waals surface area contributed by atoms with E-state index in [0.29, 0.717) is 13.0 Å². The van der Waals surface area contributed by atoms with Crippen molar-refractivity contribution in [3.8, 4) is 0 Å². The maximum Gasteiger partial charge on any atom is 0.191 e. The van der Waals surface area contributed by atoms with E-state index in [9.17, 15) is 10.2 Å². The number of rotatable bonds is 7. The number of hydrogen-bond acceptors (Lipinski definition) is 4. The van der Waals surface area contributed by atoms with Crippen LogP contribution in [0.3, 0.4) is 0 Å². The van der Waals surface area contributed by atoms with Gasteiger partial charge in [0.05, 0.1) is 18.8 Å². The minimum absolute atomic E-state index is 0.161. The zero-order valence-electron chi connectivity index (χ0n) is 12.6. The largest absolute Gasteiger partial charge is 0.417 e. The van der Waals surface area contributed by atoms with Gasteiger partial charge in [-0.3, -0.25) is 0 Å². The predicted molar refractivity (Wildman–Crippen MR) is 76.0 cm³/mol. The molecule has 0 heterocycles. The van der Waals surface area contributed by atoms with E-state index in [1.165, 1.54) is 0 Å². The van der Waals surface area contributed by atoms with Crippen LogP contribution in [-0.4, -0.2) is 49.1 Å². The van der Waals surface area contributed by atoms with Crippen molar-refractivity contribution in [3.05, 3.63) is 0 Å². The van der Waals surface area contributed by atoms with Gasteiger partial charge in [-0.05, 0) is 24.6 Å². The minimum atomic E-state index is -1.76. The Labute approximate surface area is 112 Å². The first kappa shape index (κ1) is 18.1. The summed E-state index contributed by atoms with van der Waals surface area (Å²) in [5.74, 6) is -0.335. The SMILES string of the molecule is C[C@@H](C(O)CO)[C@H](O)CCO[Si](C)(C)C(C)(C)C. The lowest BCUT2D eigenvalue weighted by Crippen LogP contribution is -2.42. The van der Waals surface area contributed by atoms with Gasteiger partial charge in [0.2, 0.25) is 0 Å². The van der Waals surface area contributed by atoms with Crippen LogP contribution in [-0.2, 0) is 4.43 Å². The molecule has 5 heteroatoms. The summed E-state index contributed by atoms with van der Waals surface area (Å²) in [7, 11) is -1.76. The van der Waals surface area contributed by atoms with Crippen molar-refractivity contribution in [1.29, 1.82) is 0 Å². The monoisotopic (exact) mass is 278 g/mol. The van der Waals surface area contributed by atoms with Crippen LogP contribution in [0.5, 0.6) is 0 Å². The average Bonchev–Trinajstić information content (AvgIpc) is 2.24. The van der Waals surface area contributed by atoms with E-state index in [-0.39, 0.29) is 17.6 Å².